The Labute approximate surface area is 102 Å². The van der Waals surface area contributed by atoms with Gasteiger partial charge in [0.1, 0.15) is 11.6 Å². The van der Waals surface area contributed by atoms with Gasteiger partial charge in [-0.05, 0) is 18.6 Å². The van der Waals surface area contributed by atoms with E-state index in [1.54, 1.807) is 19.1 Å². The van der Waals surface area contributed by atoms with Gasteiger partial charge in [0.05, 0.1) is 12.2 Å². The average Bonchev–Trinajstić information content (AvgIpc) is 2.76. The van der Waals surface area contributed by atoms with E-state index in [0.29, 0.717) is 11.3 Å². The number of rotatable bonds is 4. The van der Waals surface area contributed by atoms with Crippen molar-refractivity contribution in [3.05, 3.63) is 47.8 Å². The predicted octanol–water partition coefficient (Wildman–Crippen LogP) is 3.34. The van der Waals surface area contributed by atoms with Crippen LogP contribution < -0.4 is 5.32 Å². The van der Waals surface area contributed by atoms with Gasteiger partial charge in [0.25, 0.3) is 0 Å². The van der Waals surface area contributed by atoms with Gasteiger partial charge in [0, 0.05) is 12.4 Å². The number of para-hydroxylation sites is 1. The molecule has 0 amide bonds. The minimum Gasteiger partial charge on any atom is -0.375 e. The molecule has 0 aliphatic heterocycles. The van der Waals surface area contributed by atoms with Crippen LogP contribution in [0.15, 0.2) is 30.6 Å². The number of hydrogen-bond acceptors (Lipinski definition) is 2. The van der Waals surface area contributed by atoms with E-state index in [-0.39, 0.29) is 12.4 Å². The zero-order chi connectivity index (χ0) is 13.1. The Bertz CT molecular complexity index is 517. The highest BCUT2D eigenvalue weighted by Crippen LogP contribution is 2.20. The van der Waals surface area contributed by atoms with E-state index in [4.69, 9.17) is 0 Å². The molecule has 1 aromatic carbocycles. The Morgan fingerprint density at radius 1 is 1.39 bits per heavy atom. The maximum atomic E-state index is 13.5. The molecule has 0 spiro atoms. The highest BCUT2D eigenvalue weighted by Gasteiger charge is 2.12. The van der Waals surface area contributed by atoms with Crippen molar-refractivity contribution in [2.45, 2.75) is 20.0 Å². The molecule has 0 bridgehead atoms. The molecule has 0 saturated heterocycles. The van der Waals surface area contributed by atoms with Crippen molar-refractivity contribution in [1.29, 1.82) is 0 Å². The minimum atomic E-state index is -2.65. The molecule has 18 heavy (non-hydrogen) atoms. The molecule has 1 heterocycles. The summed E-state index contributed by atoms with van der Waals surface area (Å²) in [6.45, 7) is -0.865. The summed E-state index contributed by atoms with van der Waals surface area (Å²) >= 11 is 0. The summed E-state index contributed by atoms with van der Waals surface area (Å²) in [5.41, 5.74) is 1.02. The second-order valence-corrected chi connectivity index (χ2v) is 3.81. The molecule has 0 saturated carbocycles. The lowest BCUT2D eigenvalue weighted by Gasteiger charge is -2.11. The van der Waals surface area contributed by atoms with E-state index in [9.17, 15) is 13.2 Å². The van der Waals surface area contributed by atoms with Gasteiger partial charge in [-0.2, -0.15) is 8.78 Å². The van der Waals surface area contributed by atoms with E-state index in [1.165, 1.54) is 18.5 Å². The third-order valence-corrected chi connectivity index (χ3v) is 2.60. The van der Waals surface area contributed by atoms with E-state index < -0.39 is 12.4 Å². The van der Waals surface area contributed by atoms with Gasteiger partial charge in [-0.3, -0.25) is 4.57 Å². The number of alkyl halides is 2. The summed E-state index contributed by atoms with van der Waals surface area (Å²) in [5.74, 6) is -0.252. The molecule has 2 rings (SSSR count). The number of aryl methyl sites for hydroxylation is 1. The summed E-state index contributed by atoms with van der Waals surface area (Å²) in [6, 6.07) is 4.65. The number of aromatic nitrogens is 2. The van der Waals surface area contributed by atoms with Crippen LogP contribution in [-0.4, -0.2) is 9.55 Å². The van der Waals surface area contributed by atoms with Gasteiger partial charge >= 0.3 is 6.55 Å². The van der Waals surface area contributed by atoms with Crippen LogP contribution in [0.4, 0.5) is 18.9 Å². The van der Waals surface area contributed by atoms with Crippen molar-refractivity contribution >= 4 is 5.69 Å². The third kappa shape index (κ3) is 2.47. The summed E-state index contributed by atoms with van der Waals surface area (Å²) in [4.78, 5) is 3.81. The van der Waals surface area contributed by atoms with E-state index in [0.717, 1.165) is 4.57 Å². The van der Waals surface area contributed by atoms with Gasteiger partial charge in [-0.15, -0.1) is 0 Å². The molecule has 0 aliphatic rings. The van der Waals surface area contributed by atoms with Crippen molar-refractivity contribution in [1.82, 2.24) is 9.55 Å². The van der Waals surface area contributed by atoms with Crippen LogP contribution in [0.1, 0.15) is 17.9 Å². The molecule has 96 valence electrons. The molecule has 0 aliphatic carbocycles. The number of hydrogen-bond donors (Lipinski definition) is 1. The molecule has 2 aromatic rings. The standard InChI is InChI=1S/C12H12F3N3/c1-8-3-2-4-9(13)11(8)17-7-10-16-5-6-18(10)12(14)15/h2-6,12,17H,7H2,1H3. The van der Waals surface area contributed by atoms with Crippen LogP contribution in [-0.2, 0) is 6.54 Å². The lowest BCUT2D eigenvalue weighted by Crippen LogP contribution is -2.10. The van der Waals surface area contributed by atoms with Gasteiger partial charge in [0.2, 0.25) is 0 Å². The molecule has 0 radical (unpaired) electrons. The Morgan fingerprint density at radius 2 is 2.17 bits per heavy atom. The highest BCUT2D eigenvalue weighted by atomic mass is 19.3. The fraction of sp³-hybridized carbons (Fsp3) is 0.250. The lowest BCUT2D eigenvalue weighted by atomic mass is 10.2. The Hall–Kier alpha value is -1.98. The second kappa shape index (κ2) is 5.12. The largest absolute Gasteiger partial charge is 0.375 e. The van der Waals surface area contributed by atoms with E-state index >= 15 is 0 Å². The molecule has 0 atom stereocenters. The molecule has 1 aromatic heterocycles. The van der Waals surface area contributed by atoms with Crippen molar-refractivity contribution in [3.8, 4) is 0 Å². The molecule has 0 unspecified atom stereocenters. The fourth-order valence-electron chi connectivity index (χ4n) is 1.68. The number of imidazole rings is 1. The van der Waals surface area contributed by atoms with Crippen molar-refractivity contribution in [3.63, 3.8) is 0 Å². The van der Waals surface area contributed by atoms with E-state index in [1.807, 2.05) is 0 Å². The average molecular weight is 255 g/mol. The van der Waals surface area contributed by atoms with Gasteiger partial charge in [-0.1, -0.05) is 12.1 Å². The predicted molar refractivity (Wildman–Crippen MR) is 61.9 cm³/mol. The normalized spacial score (nSPS) is 10.9. The van der Waals surface area contributed by atoms with Crippen molar-refractivity contribution < 1.29 is 13.2 Å². The van der Waals surface area contributed by atoms with Gasteiger partial charge in [0.15, 0.2) is 0 Å². The summed E-state index contributed by atoms with van der Waals surface area (Å²) in [5, 5.41) is 2.79. The molecule has 0 fully saturated rings. The molecule has 6 heteroatoms. The number of nitrogens with zero attached hydrogens (tertiary/aromatic N) is 2. The Balaban J connectivity index is 2.14. The van der Waals surface area contributed by atoms with Gasteiger partial charge < -0.3 is 5.32 Å². The highest BCUT2D eigenvalue weighted by molar-refractivity contribution is 5.51. The monoisotopic (exact) mass is 255 g/mol. The minimum absolute atomic E-state index is 0.0408. The molecule has 3 nitrogen and oxygen atoms in total. The third-order valence-electron chi connectivity index (χ3n) is 2.60. The van der Waals surface area contributed by atoms with Crippen LogP contribution in [0.5, 0.6) is 0 Å². The molecular formula is C12H12F3N3. The van der Waals surface area contributed by atoms with Crippen LogP contribution in [0, 0.1) is 12.7 Å². The quantitative estimate of drug-likeness (QED) is 0.908. The second-order valence-electron chi connectivity index (χ2n) is 3.81. The number of halogens is 3. The maximum absolute atomic E-state index is 13.5. The zero-order valence-corrected chi connectivity index (χ0v) is 9.70. The first-order valence-electron chi connectivity index (χ1n) is 5.38. The van der Waals surface area contributed by atoms with Crippen molar-refractivity contribution in [2.75, 3.05) is 5.32 Å². The number of benzene rings is 1. The SMILES string of the molecule is Cc1cccc(F)c1NCc1nccn1C(F)F. The topological polar surface area (TPSA) is 29.9 Å². The number of nitrogens with one attached hydrogen (secondary N) is 1. The molecular weight excluding hydrogens is 243 g/mol. The Morgan fingerprint density at radius 3 is 2.83 bits per heavy atom. The lowest BCUT2D eigenvalue weighted by molar-refractivity contribution is 0.0673. The summed E-state index contributed by atoms with van der Waals surface area (Å²) < 4.78 is 39.4. The van der Waals surface area contributed by atoms with Crippen LogP contribution in [0.3, 0.4) is 0 Å². The van der Waals surface area contributed by atoms with Crippen LogP contribution >= 0.6 is 0 Å². The van der Waals surface area contributed by atoms with Crippen LogP contribution in [0.2, 0.25) is 0 Å². The first-order valence-corrected chi connectivity index (χ1v) is 5.38. The first kappa shape index (κ1) is 12.5. The Kier molecular flexibility index (Phi) is 3.55. The zero-order valence-electron chi connectivity index (χ0n) is 9.70. The molecule has 1 N–H and O–H groups in total. The van der Waals surface area contributed by atoms with Crippen molar-refractivity contribution in [2.24, 2.45) is 0 Å². The summed E-state index contributed by atoms with van der Waals surface area (Å²) in [6.07, 6.45) is 2.48. The smallest absolute Gasteiger partial charge is 0.319 e. The summed E-state index contributed by atoms with van der Waals surface area (Å²) in [7, 11) is 0. The van der Waals surface area contributed by atoms with E-state index in [2.05, 4.69) is 10.3 Å². The van der Waals surface area contributed by atoms with Gasteiger partial charge in [-0.25, -0.2) is 9.37 Å². The first-order chi connectivity index (χ1) is 8.59. The fourth-order valence-corrected chi connectivity index (χ4v) is 1.68. The number of anilines is 1. The maximum Gasteiger partial charge on any atom is 0.319 e. The van der Waals surface area contributed by atoms with Crippen LogP contribution in [0.25, 0.3) is 0 Å².